The van der Waals surface area contributed by atoms with E-state index < -0.39 is 12.0 Å². The zero-order chi connectivity index (χ0) is 13.1. The van der Waals surface area contributed by atoms with Crippen molar-refractivity contribution in [2.24, 2.45) is 0 Å². The van der Waals surface area contributed by atoms with Crippen LogP contribution in [0.1, 0.15) is 49.6 Å². The maximum atomic E-state index is 11.6. The number of nitrogens with zero attached hydrogens (tertiary/aromatic N) is 1. The lowest BCUT2D eigenvalue weighted by Gasteiger charge is -2.38. The molecule has 1 aromatic heterocycles. The molecule has 0 aliphatic carbocycles. The number of carboxylic acid groups (broad SMARTS) is 1. The maximum absolute atomic E-state index is 11.6. The number of carbonyl (C=O) groups is 1. The van der Waals surface area contributed by atoms with Gasteiger partial charge in [0.15, 0.2) is 0 Å². The summed E-state index contributed by atoms with van der Waals surface area (Å²) in [7, 11) is 0. The average Bonchev–Trinajstić information content (AvgIpc) is 2.82. The second kappa shape index (κ2) is 5.85. The van der Waals surface area contributed by atoms with E-state index in [9.17, 15) is 9.90 Å². The molecule has 0 spiro atoms. The zero-order valence-corrected chi connectivity index (χ0v) is 11.9. The fourth-order valence-corrected chi connectivity index (χ4v) is 3.85. The number of hydrogen-bond acceptors (Lipinski definition) is 3. The van der Waals surface area contributed by atoms with Gasteiger partial charge in [0.1, 0.15) is 6.04 Å². The molecule has 2 unspecified atom stereocenters. The standard InChI is InChI=1S/C14H21NO2S/c1-3-5-10(4-2)15-8-6-12-11(7-9-18-12)13(15)14(16)17/h7,9-10,13H,3-6,8H2,1-2H3,(H,16,17). The van der Waals surface area contributed by atoms with Gasteiger partial charge >= 0.3 is 5.97 Å². The molecule has 1 aromatic rings. The van der Waals surface area contributed by atoms with Gasteiger partial charge in [0.25, 0.3) is 0 Å². The molecule has 100 valence electrons. The molecule has 0 saturated heterocycles. The molecule has 2 atom stereocenters. The van der Waals surface area contributed by atoms with Crippen LogP contribution >= 0.6 is 11.3 Å². The van der Waals surface area contributed by atoms with Crippen LogP contribution in [0.5, 0.6) is 0 Å². The molecule has 1 N–H and O–H groups in total. The molecular weight excluding hydrogens is 246 g/mol. The summed E-state index contributed by atoms with van der Waals surface area (Å²) in [6, 6.07) is 1.95. The van der Waals surface area contributed by atoms with Gasteiger partial charge in [-0.05, 0) is 36.3 Å². The quantitative estimate of drug-likeness (QED) is 0.889. The summed E-state index contributed by atoms with van der Waals surface area (Å²) in [5, 5.41) is 11.6. The third-order valence-corrected chi connectivity index (χ3v) is 4.80. The highest BCUT2D eigenvalue weighted by Gasteiger charge is 2.36. The Hall–Kier alpha value is -0.870. The second-order valence-electron chi connectivity index (χ2n) is 4.88. The summed E-state index contributed by atoms with van der Waals surface area (Å²) in [6.45, 7) is 5.20. The van der Waals surface area contributed by atoms with Crippen LogP contribution < -0.4 is 0 Å². The Labute approximate surface area is 112 Å². The van der Waals surface area contributed by atoms with Crippen LogP contribution in [0, 0.1) is 0 Å². The highest BCUT2D eigenvalue weighted by atomic mass is 32.1. The third-order valence-electron chi connectivity index (χ3n) is 3.80. The normalized spacial score (nSPS) is 21.6. The first-order chi connectivity index (χ1) is 8.69. The molecule has 4 heteroatoms. The molecule has 3 nitrogen and oxygen atoms in total. The molecule has 1 aliphatic heterocycles. The zero-order valence-electron chi connectivity index (χ0n) is 11.1. The predicted molar refractivity (Wildman–Crippen MR) is 74.1 cm³/mol. The van der Waals surface area contributed by atoms with Crippen molar-refractivity contribution in [2.45, 2.75) is 51.6 Å². The van der Waals surface area contributed by atoms with Crippen molar-refractivity contribution in [3.63, 3.8) is 0 Å². The molecule has 2 rings (SSSR count). The average molecular weight is 267 g/mol. The lowest BCUT2D eigenvalue weighted by molar-refractivity contribution is -0.145. The molecule has 18 heavy (non-hydrogen) atoms. The van der Waals surface area contributed by atoms with Crippen molar-refractivity contribution >= 4 is 17.3 Å². The smallest absolute Gasteiger partial charge is 0.325 e. The van der Waals surface area contributed by atoms with Crippen LogP contribution in [0.3, 0.4) is 0 Å². The Morgan fingerprint density at radius 3 is 3.00 bits per heavy atom. The Kier molecular flexibility index (Phi) is 4.40. The van der Waals surface area contributed by atoms with Gasteiger partial charge in [0, 0.05) is 17.5 Å². The highest BCUT2D eigenvalue weighted by Crippen LogP contribution is 2.35. The molecule has 0 bridgehead atoms. The van der Waals surface area contributed by atoms with Crippen molar-refractivity contribution in [1.29, 1.82) is 0 Å². The molecule has 0 radical (unpaired) electrons. The van der Waals surface area contributed by atoms with Crippen LogP contribution in [-0.4, -0.2) is 28.6 Å². The minimum Gasteiger partial charge on any atom is -0.480 e. The number of aliphatic carboxylic acids is 1. The fourth-order valence-electron chi connectivity index (χ4n) is 2.94. The van der Waals surface area contributed by atoms with E-state index >= 15 is 0 Å². The van der Waals surface area contributed by atoms with Crippen molar-refractivity contribution < 1.29 is 9.90 Å². The predicted octanol–water partition coefficient (Wildman–Crippen LogP) is 3.31. The van der Waals surface area contributed by atoms with E-state index in [0.717, 1.165) is 37.8 Å². The summed E-state index contributed by atoms with van der Waals surface area (Å²) < 4.78 is 0. The Morgan fingerprint density at radius 2 is 2.39 bits per heavy atom. The lowest BCUT2D eigenvalue weighted by atomic mass is 9.95. The monoisotopic (exact) mass is 267 g/mol. The molecule has 1 aliphatic rings. The van der Waals surface area contributed by atoms with Crippen molar-refractivity contribution in [3.05, 3.63) is 21.9 Å². The van der Waals surface area contributed by atoms with Gasteiger partial charge in [-0.15, -0.1) is 11.3 Å². The van der Waals surface area contributed by atoms with Gasteiger partial charge in [0.05, 0.1) is 0 Å². The van der Waals surface area contributed by atoms with Gasteiger partial charge < -0.3 is 5.11 Å². The van der Waals surface area contributed by atoms with Crippen LogP contribution in [0.15, 0.2) is 11.4 Å². The second-order valence-corrected chi connectivity index (χ2v) is 5.88. The summed E-state index contributed by atoms with van der Waals surface area (Å²) in [5.41, 5.74) is 1.02. The van der Waals surface area contributed by atoms with E-state index in [-0.39, 0.29) is 0 Å². The number of hydrogen-bond donors (Lipinski definition) is 1. The SMILES string of the molecule is CCCC(CC)N1CCc2sccc2C1C(=O)O. The number of carboxylic acids is 1. The molecule has 0 saturated carbocycles. The molecular formula is C14H21NO2S. The van der Waals surface area contributed by atoms with E-state index in [1.165, 1.54) is 4.88 Å². The van der Waals surface area contributed by atoms with E-state index in [1.54, 1.807) is 11.3 Å². The minimum atomic E-state index is -0.705. The lowest BCUT2D eigenvalue weighted by Crippen LogP contribution is -2.45. The van der Waals surface area contributed by atoms with Crippen molar-refractivity contribution in [2.75, 3.05) is 6.54 Å². The molecule has 0 aromatic carbocycles. The van der Waals surface area contributed by atoms with Gasteiger partial charge in [0.2, 0.25) is 0 Å². The van der Waals surface area contributed by atoms with Crippen molar-refractivity contribution in [1.82, 2.24) is 4.90 Å². The number of fused-ring (bicyclic) bond motifs is 1. The maximum Gasteiger partial charge on any atom is 0.325 e. The Morgan fingerprint density at radius 1 is 1.61 bits per heavy atom. The molecule has 0 fully saturated rings. The Balaban J connectivity index is 2.28. The number of thiophene rings is 1. The van der Waals surface area contributed by atoms with Crippen LogP contribution in [-0.2, 0) is 11.2 Å². The summed E-state index contributed by atoms with van der Waals surface area (Å²) in [4.78, 5) is 15.1. The fraction of sp³-hybridized carbons (Fsp3) is 0.643. The molecule has 0 amide bonds. The van der Waals surface area contributed by atoms with Crippen LogP contribution in [0.25, 0.3) is 0 Å². The third kappa shape index (κ3) is 2.45. The number of rotatable bonds is 5. The van der Waals surface area contributed by atoms with E-state index in [2.05, 4.69) is 18.7 Å². The summed E-state index contributed by atoms with van der Waals surface area (Å²) in [6.07, 6.45) is 4.21. The van der Waals surface area contributed by atoms with Gasteiger partial charge in [-0.1, -0.05) is 20.3 Å². The first-order valence-electron chi connectivity index (χ1n) is 6.73. The summed E-state index contributed by atoms with van der Waals surface area (Å²) in [5.74, 6) is -0.705. The van der Waals surface area contributed by atoms with Gasteiger partial charge in [-0.25, -0.2) is 0 Å². The topological polar surface area (TPSA) is 40.5 Å². The van der Waals surface area contributed by atoms with Gasteiger partial charge in [-0.3, -0.25) is 9.69 Å². The highest BCUT2D eigenvalue weighted by molar-refractivity contribution is 7.10. The Bertz CT molecular complexity index is 416. The minimum absolute atomic E-state index is 0.393. The first-order valence-corrected chi connectivity index (χ1v) is 7.61. The molecule has 2 heterocycles. The van der Waals surface area contributed by atoms with Crippen LogP contribution in [0.4, 0.5) is 0 Å². The van der Waals surface area contributed by atoms with Crippen molar-refractivity contribution in [3.8, 4) is 0 Å². The van der Waals surface area contributed by atoms with Gasteiger partial charge in [-0.2, -0.15) is 0 Å². The van der Waals surface area contributed by atoms with E-state index in [4.69, 9.17) is 0 Å². The first kappa shape index (κ1) is 13.6. The van der Waals surface area contributed by atoms with Crippen LogP contribution in [0.2, 0.25) is 0 Å². The van der Waals surface area contributed by atoms with E-state index in [0.29, 0.717) is 6.04 Å². The summed E-state index contributed by atoms with van der Waals surface area (Å²) >= 11 is 1.69. The largest absolute Gasteiger partial charge is 0.480 e. The van der Waals surface area contributed by atoms with E-state index in [1.807, 2.05) is 11.4 Å².